The Morgan fingerprint density at radius 3 is 2.52 bits per heavy atom. The van der Waals surface area contributed by atoms with Gasteiger partial charge in [-0.2, -0.15) is 0 Å². The lowest BCUT2D eigenvalue weighted by molar-refractivity contribution is 0.242. The zero-order valence-corrected chi connectivity index (χ0v) is 17.4. The first kappa shape index (κ1) is 19.8. The van der Waals surface area contributed by atoms with Crippen LogP contribution in [-0.4, -0.2) is 37.0 Å². The van der Waals surface area contributed by atoms with Crippen molar-refractivity contribution in [1.29, 1.82) is 0 Å². The fourth-order valence-corrected chi connectivity index (χ4v) is 4.05. The Morgan fingerprint density at radius 1 is 1.04 bits per heavy atom. The fraction of sp³-hybridized carbons (Fsp3) is 0.409. The van der Waals surface area contributed by atoms with Gasteiger partial charge in [0.2, 0.25) is 0 Å². The van der Waals surface area contributed by atoms with E-state index in [0.29, 0.717) is 5.58 Å². The monoisotopic (exact) mass is 384 g/mol. The van der Waals surface area contributed by atoms with Crippen molar-refractivity contribution < 1.29 is 4.42 Å². The van der Waals surface area contributed by atoms with E-state index in [1.54, 1.807) is 17.4 Å². The highest BCUT2D eigenvalue weighted by molar-refractivity contribution is 7.09. The zero-order valence-electron chi connectivity index (χ0n) is 16.6. The SMILES string of the molecule is Cc1cc2oc(=O)cc(CN(CCCN(C)C)Cc3cccs3)c2cc1C. The highest BCUT2D eigenvalue weighted by Gasteiger charge is 2.13. The normalized spacial score (nSPS) is 11.8. The van der Waals surface area contributed by atoms with Crippen molar-refractivity contribution in [3.63, 3.8) is 0 Å². The van der Waals surface area contributed by atoms with E-state index in [9.17, 15) is 4.79 Å². The molecule has 0 spiro atoms. The number of rotatable bonds is 8. The minimum Gasteiger partial charge on any atom is -0.423 e. The fourth-order valence-electron chi connectivity index (χ4n) is 3.30. The van der Waals surface area contributed by atoms with Gasteiger partial charge in [0.25, 0.3) is 0 Å². The Bertz CT molecular complexity index is 945. The maximum Gasteiger partial charge on any atom is 0.336 e. The molecule has 0 aliphatic heterocycles. The topological polar surface area (TPSA) is 36.7 Å². The molecule has 1 aromatic carbocycles. The number of hydrogen-bond acceptors (Lipinski definition) is 5. The largest absolute Gasteiger partial charge is 0.423 e. The van der Waals surface area contributed by atoms with Crippen molar-refractivity contribution in [2.45, 2.75) is 33.4 Å². The van der Waals surface area contributed by atoms with Crippen LogP contribution in [0.25, 0.3) is 11.0 Å². The lowest BCUT2D eigenvalue weighted by Crippen LogP contribution is -2.27. The van der Waals surface area contributed by atoms with Crippen LogP contribution in [0.4, 0.5) is 0 Å². The summed E-state index contributed by atoms with van der Waals surface area (Å²) in [5.74, 6) is 0. The van der Waals surface area contributed by atoms with E-state index in [0.717, 1.165) is 49.1 Å². The third-order valence-corrected chi connectivity index (χ3v) is 5.74. The number of fused-ring (bicyclic) bond motifs is 1. The number of hydrogen-bond donors (Lipinski definition) is 0. The molecule has 0 saturated heterocycles. The van der Waals surface area contributed by atoms with E-state index < -0.39 is 0 Å². The van der Waals surface area contributed by atoms with E-state index in [1.165, 1.54) is 10.4 Å². The summed E-state index contributed by atoms with van der Waals surface area (Å²) in [5, 5.41) is 3.16. The van der Waals surface area contributed by atoms with Crippen molar-refractivity contribution in [2.24, 2.45) is 0 Å². The predicted molar refractivity (Wildman–Crippen MR) is 114 cm³/mol. The maximum atomic E-state index is 12.1. The Balaban J connectivity index is 1.89. The highest BCUT2D eigenvalue weighted by atomic mass is 32.1. The predicted octanol–water partition coefficient (Wildman–Crippen LogP) is 4.43. The molecule has 0 aliphatic rings. The average molecular weight is 385 g/mol. The van der Waals surface area contributed by atoms with Gasteiger partial charge in [-0.05, 0) is 81.2 Å². The number of aryl methyl sites for hydroxylation is 2. The first-order valence-electron chi connectivity index (χ1n) is 9.36. The van der Waals surface area contributed by atoms with Crippen molar-refractivity contribution in [1.82, 2.24) is 9.80 Å². The first-order valence-corrected chi connectivity index (χ1v) is 10.2. The molecule has 0 N–H and O–H groups in total. The van der Waals surface area contributed by atoms with Gasteiger partial charge >= 0.3 is 5.63 Å². The van der Waals surface area contributed by atoms with Crippen LogP contribution in [0.1, 0.15) is 28.0 Å². The van der Waals surface area contributed by atoms with Gasteiger partial charge in [-0.1, -0.05) is 6.07 Å². The first-order chi connectivity index (χ1) is 12.9. The van der Waals surface area contributed by atoms with Gasteiger partial charge < -0.3 is 9.32 Å². The Morgan fingerprint density at radius 2 is 1.81 bits per heavy atom. The molecule has 144 valence electrons. The van der Waals surface area contributed by atoms with Crippen molar-refractivity contribution in [3.8, 4) is 0 Å². The average Bonchev–Trinajstić information content (AvgIpc) is 3.09. The van der Waals surface area contributed by atoms with Crippen molar-refractivity contribution >= 4 is 22.3 Å². The molecule has 4 nitrogen and oxygen atoms in total. The summed E-state index contributed by atoms with van der Waals surface area (Å²) in [6.45, 7) is 7.84. The number of benzene rings is 1. The summed E-state index contributed by atoms with van der Waals surface area (Å²) in [6, 6.07) is 10.0. The molecule has 2 aromatic heterocycles. The summed E-state index contributed by atoms with van der Waals surface area (Å²) in [5.41, 5.74) is 3.82. The summed E-state index contributed by atoms with van der Waals surface area (Å²) >= 11 is 1.78. The lowest BCUT2D eigenvalue weighted by atomic mass is 10.0. The quantitative estimate of drug-likeness (QED) is 0.539. The molecular formula is C22H28N2O2S. The Labute approximate surface area is 165 Å². The van der Waals surface area contributed by atoms with Crippen LogP contribution < -0.4 is 5.63 Å². The standard InChI is InChI=1S/C22H28N2O2S/c1-16-11-20-18(13-22(25)26-21(20)12-17(16)2)14-24(9-6-8-23(3)4)15-19-7-5-10-27-19/h5,7,10-13H,6,8-9,14-15H2,1-4H3. The lowest BCUT2D eigenvalue weighted by Gasteiger charge is -2.23. The van der Waals surface area contributed by atoms with Crippen LogP contribution in [0, 0.1) is 13.8 Å². The third-order valence-electron chi connectivity index (χ3n) is 4.88. The molecular weight excluding hydrogens is 356 g/mol. The molecule has 0 bridgehead atoms. The molecule has 3 rings (SSSR count). The second-order valence-corrected chi connectivity index (χ2v) is 8.50. The molecule has 2 heterocycles. The van der Waals surface area contributed by atoms with Crippen LogP contribution in [0.5, 0.6) is 0 Å². The van der Waals surface area contributed by atoms with Gasteiger partial charge in [0.15, 0.2) is 0 Å². The molecule has 0 amide bonds. The van der Waals surface area contributed by atoms with E-state index in [-0.39, 0.29) is 5.63 Å². The van der Waals surface area contributed by atoms with Crippen LogP contribution in [0.3, 0.4) is 0 Å². The van der Waals surface area contributed by atoms with Crippen LogP contribution in [0.15, 0.2) is 44.9 Å². The molecule has 0 saturated carbocycles. The van der Waals surface area contributed by atoms with Gasteiger partial charge in [0.1, 0.15) is 5.58 Å². The van der Waals surface area contributed by atoms with Crippen LogP contribution in [0.2, 0.25) is 0 Å². The smallest absolute Gasteiger partial charge is 0.336 e. The second kappa shape index (κ2) is 8.83. The molecule has 5 heteroatoms. The van der Waals surface area contributed by atoms with E-state index in [4.69, 9.17) is 4.42 Å². The third kappa shape index (κ3) is 5.28. The van der Waals surface area contributed by atoms with Gasteiger partial charge in [-0.25, -0.2) is 4.79 Å². The molecule has 27 heavy (non-hydrogen) atoms. The molecule has 0 atom stereocenters. The van der Waals surface area contributed by atoms with E-state index >= 15 is 0 Å². The Kier molecular flexibility index (Phi) is 6.47. The summed E-state index contributed by atoms with van der Waals surface area (Å²) in [7, 11) is 4.20. The molecule has 0 radical (unpaired) electrons. The van der Waals surface area contributed by atoms with Crippen LogP contribution >= 0.6 is 11.3 Å². The minimum absolute atomic E-state index is 0.273. The minimum atomic E-state index is -0.273. The molecule has 0 fully saturated rings. The second-order valence-electron chi connectivity index (χ2n) is 7.47. The number of thiophene rings is 1. The molecule has 0 unspecified atom stereocenters. The number of nitrogens with zero attached hydrogens (tertiary/aromatic N) is 2. The van der Waals surface area contributed by atoms with Crippen molar-refractivity contribution in [2.75, 3.05) is 27.2 Å². The van der Waals surface area contributed by atoms with Gasteiger partial charge in [0, 0.05) is 36.0 Å². The molecule has 3 aromatic rings. The zero-order chi connectivity index (χ0) is 19.4. The summed E-state index contributed by atoms with van der Waals surface area (Å²) < 4.78 is 5.46. The Hall–Kier alpha value is -1.95. The maximum absolute atomic E-state index is 12.1. The summed E-state index contributed by atoms with van der Waals surface area (Å²) in [4.78, 5) is 18.1. The van der Waals surface area contributed by atoms with E-state index in [2.05, 4.69) is 54.4 Å². The van der Waals surface area contributed by atoms with Crippen LogP contribution in [-0.2, 0) is 13.1 Å². The van der Waals surface area contributed by atoms with Crippen molar-refractivity contribution in [3.05, 3.63) is 67.7 Å². The van der Waals surface area contributed by atoms with Gasteiger partial charge in [0.05, 0.1) is 0 Å². The van der Waals surface area contributed by atoms with E-state index in [1.807, 2.05) is 13.0 Å². The van der Waals surface area contributed by atoms with Gasteiger partial charge in [-0.15, -0.1) is 11.3 Å². The molecule has 0 aliphatic carbocycles. The highest BCUT2D eigenvalue weighted by Crippen LogP contribution is 2.23. The van der Waals surface area contributed by atoms with Gasteiger partial charge in [-0.3, -0.25) is 4.90 Å². The summed E-state index contributed by atoms with van der Waals surface area (Å²) in [6.07, 6.45) is 1.09.